The monoisotopic (exact) mass is 282 g/mol. The fourth-order valence-electron chi connectivity index (χ4n) is 1.45. The van der Waals surface area contributed by atoms with Crippen molar-refractivity contribution in [2.45, 2.75) is 13.5 Å². The molecule has 0 bridgehead atoms. The molecule has 2 rings (SSSR count). The van der Waals surface area contributed by atoms with Gasteiger partial charge in [0.05, 0.1) is 22.8 Å². The van der Waals surface area contributed by atoms with E-state index in [2.05, 4.69) is 10.3 Å². The summed E-state index contributed by atoms with van der Waals surface area (Å²) in [5, 5.41) is 15.4. The summed E-state index contributed by atoms with van der Waals surface area (Å²) in [5.74, 6) is -0.972. The van der Waals surface area contributed by atoms with Gasteiger partial charge in [-0.25, -0.2) is 9.78 Å². The summed E-state index contributed by atoms with van der Waals surface area (Å²) in [5.41, 5.74) is 1.78. The first kappa shape index (κ1) is 12.9. The number of aromatic carboxylic acids is 1. The topological polar surface area (TPSA) is 62.2 Å². The molecule has 4 nitrogen and oxygen atoms in total. The van der Waals surface area contributed by atoms with Crippen molar-refractivity contribution in [2.24, 2.45) is 0 Å². The molecule has 0 spiro atoms. The van der Waals surface area contributed by atoms with Crippen LogP contribution in [-0.2, 0) is 6.54 Å². The minimum absolute atomic E-state index is 0.206. The first-order valence-electron chi connectivity index (χ1n) is 5.24. The van der Waals surface area contributed by atoms with E-state index in [-0.39, 0.29) is 5.56 Å². The molecule has 2 aromatic rings. The predicted molar refractivity (Wildman–Crippen MR) is 72.6 cm³/mol. The van der Waals surface area contributed by atoms with Gasteiger partial charge in [-0.1, -0.05) is 11.6 Å². The van der Waals surface area contributed by atoms with Crippen molar-refractivity contribution in [3.05, 3.63) is 44.9 Å². The smallest absolute Gasteiger partial charge is 0.335 e. The zero-order chi connectivity index (χ0) is 13.1. The molecule has 0 atom stereocenters. The average Bonchev–Trinajstić information content (AvgIpc) is 2.74. The Hall–Kier alpha value is -1.59. The zero-order valence-electron chi connectivity index (χ0n) is 9.61. The number of nitrogens with one attached hydrogen (secondary N) is 1. The predicted octanol–water partition coefficient (Wildman–Crippen LogP) is 3.42. The van der Waals surface area contributed by atoms with Crippen molar-refractivity contribution in [3.63, 3.8) is 0 Å². The lowest BCUT2D eigenvalue weighted by Gasteiger charge is -2.07. The Morgan fingerprint density at radius 1 is 1.56 bits per heavy atom. The van der Waals surface area contributed by atoms with Crippen LogP contribution < -0.4 is 5.32 Å². The van der Waals surface area contributed by atoms with E-state index in [9.17, 15) is 4.79 Å². The molecule has 0 fully saturated rings. The number of aryl methyl sites for hydroxylation is 1. The van der Waals surface area contributed by atoms with Crippen LogP contribution in [-0.4, -0.2) is 16.1 Å². The molecular weight excluding hydrogens is 272 g/mol. The fourth-order valence-corrected chi connectivity index (χ4v) is 2.34. The maximum atomic E-state index is 10.9. The van der Waals surface area contributed by atoms with Crippen molar-refractivity contribution in [3.8, 4) is 0 Å². The van der Waals surface area contributed by atoms with Crippen molar-refractivity contribution < 1.29 is 9.90 Å². The Morgan fingerprint density at radius 2 is 2.33 bits per heavy atom. The van der Waals surface area contributed by atoms with Crippen molar-refractivity contribution in [1.29, 1.82) is 0 Å². The Labute approximate surface area is 113 Å². The third kappa shape index (κ3) is 3.00. The van der Waals surface area contributed by atoms with Gasteiger partial charge in [0.25, 0.3) is 0 Å². The second-order valence-electron chi connectivity index (χ2n) is 3.74. The van der Waals surface area contributed by atoms with Crippen LogP contribution in [0.2, 0.25) is 5.02 Å². The number of hydrogen-bond donors (Lipinski definition) is 2. The number of anilines is 1. The first-order chi connectivity index (χ1) is 8.56. The molecule has 0 aliphatic heterocycles. The molecule has 1 heterocycles. The van der Waals surface area contributed by atoms with Crippen LogP contribution in [0, 0.1) is 6.92 Å². The number of hydrogen-bond acceptors (Lipinski definition) is 4. The molecular formula is C12H11ClN2O2S. The van der Waals surface area contributed by atoms with E-state index in [1.807, 2.05) is 12.3 Å². The molecule has 6 heteroatoms. The standard InChI is InChI=1S/C12H11ClN2O2S/c1-7-6-18-11(15-7)5-14-10-4-8(12(16)17)2-3-9(10)13/h2-4,6,14H,5H2,1H3,(H,16,17). The highest BCUT2D eigenvalue weighted by Crippen LogP contribution is 2.24. The number of nitrogens with zero attached hydrogens (tertiary/aromatic N) is 1. The Bertz CT molecular complexity index is 583. The number of aromatic nitrogens is 1. The first-order valence-corrected chi connectivity index (χ1v) is 6.50. The Balaban J connectivity index is 2.13. The molecule has 0 saturated heterocycles. The molecule has 2 N–H and O–H groups in total. The summed E-state index contributed by atoms with van der Waals surface area (Å²) in [4.78, 5) is 15.2. The van der Waals surface area contributed by atoms with Gasteiger partial charge in [0, 0.05) is 11.1 Å². The molecule has 18 heavy (non-hydrogen) atoms. The van der Waals surface area contributed by atoms with Gasteiger partial charge in [0.15, 0.2) is 0 Å². The maximum Gasteiger partial charge on any atom is 0.335 e. The normalized spacial score (nSPS) is 10.3. The van der Waals surface area contributed by atoms with E-state index in [1.165, 1.54) is 12.1 Å². The van der Waals surface area contributed by atoms with Crippen LogP contribution in [0.4, 0.5) is 5.69 Å². The van der Waals surface area contributed by atoms with E-state index >= 15 is 0 Å². The molecule has 0 amide bonds. The molecule has 0 saturated carbocycles. The molecule has 0 aliphatic carbocycles. The van der Waals surface area contributed by atoms with Gasteiger partial charge in [-0.3, -0.25) is 0 Å². The summed E-state index contributed by atoms with van der Waals surface area (Å²) in [6.07, 6.45) is 0. The minimum Gasteiger partial charge on any atom is -0.478 e. The van der Waals surface area contributed by atoms with Crippen molar-refractivity contribution in [2.75, 3.05) is 5.32 Å². The Morgan fingerprint density at radius 3 is 2.94 bits per heavy atom. The van der Waals surface area contributed by atoms with Crippen LogP contribution in [0.5, 0.6) is 0 Å². The lowest BCUT2D eigenvalue weighted by atomic mass is 10.2. The van der Waals surface area contributed by atoms with Gasteiger partial charge in [0.2, 0.25) is 0 Å². The molecule has 1 aromatic carbocycles. The average molecular weight is 283 g/mol. The van der Waals surface area contributed by atoms with Gasteiger partial charge >= 0.3 is 5.97 Å². The van der Waals surface area contributed by atoms with Gasteiger partial charge in [-0.15, -0.1) is 11.3 Å². The van der Waals surface area contributed by atoms with Crippen molar-refractivity contribution >= 4 is 34.6 Å². The van der Waals surface area contributed by atoms with Crippen LogP contribution >= 0.6 is 22.9 Å². The van der Waals surface area contributed by atoms with Crippen molar-refractivity contribution in [1.82, 2.24) is 4.98 Å². The van der Waals surface area contributed by atoms with Crippen LogP contribution in [0.25, 0.3) is 0 Å². The van der Waals surface area contributed by atoms with Gasteiger partial charge in [-0.2, -0.15) is 0 Å². The highest BCUT2D eigenvalue weighted by atomic mass is 35.5. The maximum absolute atomic E-state index is 10.9. The summed E-state index contributed by atoms with van der Waals surface area (Å²) in [6, 6.07) is 4.56. The summed E-state index contributed by atoms with van der Waals surface area (Å²) in [7, 11) is 0. The van der Waals surface area contributed by atoms with Gasteiger partial charge in [0.1, 0.15) is 5.01 Å². The van der Waals surface area contributed by atoms with Gasteiger partial charge in [-0.05, 0) is 25.1 Å². The van der Waals surface area contributed by atoms with Crippen LogP contribution in [0.3, 0.4) is 0 Å². The zero-order valence-corrected chi connectivity index (χ0v) is 11.2. The molecule has 0 aliphatic rings. The summed E-state index contributed by atoms with van der Waals surface area (Å²) >= 11 is 7.55. The number of thiazole rings is 1. The second kappa shape index (κ2) is 5.37. The summed E-state index contributed by atoms with van der Waals surface area (Å²) < 4.78 is 0. The second-order valence-corrected chi connectivity index (χ2v) is 5.09. The summed E-state index contributed by atoms with van der Waals surface area (Å²) in [6.45, 7) is 2.46. The fraction of sp³-hybridized carbons (Fsp3) is 0.167. The van der Waals surface area contributed by atoms with E-state index < -0.39 is 5.97 Å². The Kier molecular flexibility index (Phi) is 3.84. The molecule has 1 aromatic heterocycles. The number of carbonyl (C=O) groups is 1. The number of rotatable bonds is 4. The number of carboxylic acids is 1. The van der Waals surface area contributed by atoms with E-state index in [1.54, 1.807) is 17.4 Å². The number of benzene rings is 1. The SMILES string of the molecule is Cc1csc(CNc2cc(C(=O)O)ccc2Cl)n1. The van der Waals surface area contributed by atoms with Gasteiger partial charge < -0.3 is 10.4 Å². The largest absolute Gasteiger partial charge is 0.478 e. The van der Waals surface area contributed by atoms with E-state index in [4.69, 9.17) is 16.7 Å². The quantitative estimate of drug-likeness (QED) is 0.902. The lowest BCUT2D eigenvalue weighted by molar-refractivity contribution is 0.0697. The van der Waals surface area contributed by atoms with E-state index in [0.29, 0.717) is 17.3 Å². The molecule has 94 valence electrons. The number of halogens is 1. The highest BCUT2D eigenvalue weighted by molar-refractivity contribution is 7.09. The molecule has 0 unspecified atom stereocenters. The minimum atomic E-state index is -0.972. The van der Waals surface area contributed by atoms with Crippen LogP contribution in [0.15, 0.2) is 23.6 Å². The third-order valence-corrected chi connectivity index (χ3v) is 3.61. The lowest BCUT2D eigenvalue weighted by Crippen LogP contribution is -2.02. The third-order valence-electron chi connectivity index (χ3n) is 2.31. The molecule has 0 radical (unpaired) electrons. The van der Waals surface area contributed by atoms with E-state index in [0.717, 1.165) is 10.7 Å². The van der Waals surface area contributed by atoms with Crippen LogP contribution in [0.1, 0.15) is 21.1 Å². The highest BCUT2D eigenvalue weighted by Gasteiger charge is 2.07. The number of carboxylic acid groups (broad SMARTS) is 1.